The number of H-pyrrole nitrogens is 1. The first kappa shape index (κ1) is 11.7. The molecule has 0 unspecified atom stereocenters. The molecule has 1 aliphatic heterocycles. The van der Waals surface area contributed by atoms with E-state index in [9.17, 15) is 4.79 Å². The number of hydrogen-bond donors (Lipinski definition) is 2. The van der Waals surface area contributed by atoms with Gasteiger partial charge in [0.25, 0.3) is 5.56 Å². The number of benzene rings is 1. The predicted octanol–water partition coefficient (Wildman–Crippen LogP) is 1.22. The molecule has 1 aliphatic rings. The third-order valence-electron chi connectivity index (χ3n) is 3.18. The molecule has 5 nitrogen and oxygen atoms in total. The van der Waals surface area contributed by atoms with Gasteiger partial charge in [0.2, 0.25) is 5.95 Å². The number of fused-ring (bicyclic) bond motifs is 1. The van der Waals surface area contributed by atoms with Crippen LogP contribution in [0.5, 0.6) is 0 Å². The van der Waals surface area contributed by atoms with Gasteiger partial charge in [0, 0.05) is 23.6 Å². The predicted molar refractivity (Wildman–Crippen MR) is 74.9 cm³/mol. The van der Waals surface area contributed by atoms with Crippen molar-refractivity contribution in [2.45, 2.75) is 12.5 Å². The Morgan fingerprint density at radius 3 is 3.06 bits per heavy atom. The second-order valence-electron chi connectivity index (χ2n) is 4.55. The molecule has 1 atom stereocenters. The minimum absolute atomic E-state index is 0.114. The van der Waals surface area contributed by atoms with Gasteiger partial charge < -0.3 is 10.6 Å². The average molecular weight is 309 g/mol. The molecule has 1 aromatic carbocycles. The van der Waals surface area contributed by atoms with Gasteiger partial charge in [-0.3, -0.25) is 9.78 Å². The quantitative estimate of drug-likeness (QED) is 0.831. The van der Waals surface area contributed by atoms with Crippen molar-refractivity contribution in [1.29, 1.82) is 0 Å². The molecule has 94 valence electrons. The molecule has 18 heavy (non-hydrogen) atoms. The number of nitrogens with two attached hydrogens (primary N) is 1. The second-order valence-corrected chi connectivity index (χ2v) is 5.46. The van der Waals surface area contributed by atoms with Crippen molar-refractivity contribution >= 4 is 32.8 Å². The summed E-state index contributed by atoms with van der Waals surface area (Å²) in [5.41, 5.74) is 6.46. The highest BCUT2D eigenvalue weighted by atomic mass is 79.9. The van der Waals surface area contributed by atoms with Crippen molar-refractivity contribution in [2.75, 3.05) is 18.0 Å². The Bertz CT molecular complexity index is 654. The van der Waals surface area contributed by atoms with Crippen LogP contribution in [0.3, 0.4) is 0 Å². The molecule has 3 N–H and O–H groups in total. The summed E-state index contributed by atoms with van der Waals surface area (Å²) in [4.78, 5) is 21.3. The number of nitrogens with zero attached hydrogens (tertiary/aromatic N) is 2. The van der Waals surface area contributed by atoms with Gasteiger partial charge in [-0.05, 0) is 24.6 Å². The lowest BCUT2D eigenvalue weighted by molar-refractivity contribution is 0.750. The minimum atomic E-state index is -0.114. The summed E-state index contributed by atoms with van der Waals surface area (Å²) >= 11 is 3.35. The maximum atomic E-state index is 12.0. The zero-order chi connectivity index (χ0) is 12.7. The zero-order valence-electron chi connectivity index (χ0n) is 9.69. The number of aromatic nitrogens is 2. The summed E-state index contributed by atoms with van der Waals surface area (Å²) in [6.07, 6.45) is 0.933. The van der Waals surface area contributed by atoms with Crippen molar-refractivity contribution in [3.05, 3.63) is 33.0 Å². The van der Waals surface area contributed by atoms with E-state index in [2.05, 4.69) is 25.9 Å². The van der Waals surface area contributed by atoms with Gasteiger partial charge in [-0.25, -0.2) is 4.98 Å². The fourth-order valence-electron chi connectivity index (χ4n) is 2.23. The Labute approximate surface area is 112 Å². The molecular weight excluding hydrogens is 296 g/mol. The number of aromatic amines is 1. The van der Waals surface area contributed by atoms with E-state index in [-0.39, 0.29) is 11.6 Å². The van der Waals surface area contributed by atoms with E-state index in [1.165, 1.54) is 0 Å². The van der Waals surface area contributed by atoms with Crippen LogP contribution in [-0.4, -0.2) is 29.1 Å². The van der Waals surface area contributed by atoms with E-state index in [0.29, 0.717) is 16.9 Å². The van der Waals surface area contributed by atoms with Gasteiger partial charge in [-0.2, -0.15) is 0 Å². The minimum Gasteiger partial charge on any atom is -0.341 e. The van der Waals surface area contributed by atoms with Gasteiger partial charge in [0.15, 0.2) is 0 Å². The molecule has 3 rings (SSSR count). The molecule has 2 heterocycles. The van der Waals surface area contributed by atoms with E-state index in [1.807, 2.05) is 17.0 Å². The highest BCUT2D eigenvalue weighted by Gasteiger charge is 2.21. The third-order valence-corrected chi connectivity index (χ3v) is 3.67. The highest BCUT2D eigenvalue weighted by molar-refractivity contribution is 9.10. The molecule has 0 aliphatic carbocycles. The summed E-state index contributed by atoms with van der Waals surface area (Å²) in [6, 6.07) is 5.67. The Morgan fingerprint density at radius 2 is 2.33 bits per heavy atom. The summed E-state index contributed by atoms with van der Waals surface area (Å²) in [5.74, 6) is 0.614. The number of anilines is 1. The van der Waals surface area contributed by atoms with Crippen LogP contribution in [-0.2, 0) is 0 Å². The lowest BCUT2D eigenvalue weighted by atomic mass is 10.2. The molecule has 0 radical (unpaired) electrons. The maximum Gasteiger partial charge on any atom is 0.260 e. The molecule has 0 amide bonds. The van der Waals surface area contributed by atoms with Crippen LogP contribution in [0, 0.1) is 0 Å². The van der Waals surface area contributed by atoms with E-state index in [1.54, 1.807) is 6.07 Å². The first-order valence-corrected chi connectivity index (χ1v) is 6.63. The molecular formula is C12H13BrN4O. The fraction of sp³-hybridized carbons (Fsp3) is 0.333. The van der Waals surface area contributed by atoms with E-state index < -0.39 is 0 Å². The molecule has 0 saturated carbocycles. The van der Waals surface area contributed by atoms with Crippen LogP contribution in [0.25, 0.3) is 10.9 Å². The van der Waals surface area contributed by atoms with E-state index in [0.717, 1.165) is 24.0 Å². The van der Waals surface area contributed by atoms with E-state index >= 15 is 0 Å². The normalized spacial score (nSPS) is 19.7. The average Bonchev–Trinajstić information content (AvgIpc) is 2.77. The molecule has 0 bridgehead atoms. The van der Waals surface area contributed by atoms with Crippen LogP contribution in [0.15, 0.2) is 27.5 Å². The zero-order valence-corrected chi connectivity index (χ0v) is 11.3. The molecule has 1 saturated heterocycles. The summed E-state index contributed by atoms with van der Waals surface area (Å²) < 4.78 is 0.873. The Morgan fingerprint density at radius 1 is 1.50 bits per heavy atom. The lowest BCUT2D eigenvalue weighted by Crippen LogP contribution is -2.29. The second kappa shape index (κ2) is 4.37. The number of rotatable bonds is 1. The van der Waals surface area contributed by atoms with E-state index in [4.69, 9.17) is 5.73 Å². The number of nitrogens with one attached hydrogen (secondary N) is 1. The monoisotopic (exact) mass is 308 g/mol. The van der Waals surface area contributed by atoms with Crippen LogP contribution in [0.4, 0.5) is 5.95 Å². The molecule has 6 heteroatoms. The van der Waals surface area contributed by atoms with Gasteiger partial charge in [0.05, 0.1) is 10.9 Å². The van der Waals surface area contributed by atoms with Crippen molar-refractivity contribution in [3.63, 3.8) is 0 Å². The fourth-order valence-corrected chi connectivity index (χ4v) is 2.59. The number of halogens is 1. The van der Waals surface area contributed by atoms with Crippen LogP contribution in [0.1, 0.15) is 6.42 Å². The number of hydrogen-bond acceptors (Lipinski definition) is 4. The Hall–Kier alpha value is -1.40. The highest BCUT2D eigenvalue weighted by Crippen LogP contribution is 2.19. The van der Waals surface area contributed by atoms with Crippen LogP contribution < -0.4 is 16.2 Å². The summed E-state index contributed by atoms with van der Waals surface area (Å²) in [7, 11) is 0. The van der Waals surface area contributed by atoms with Crippen molar-refractivity contribution in [2.24, 2.45) is 5.73 Å². The first-order chi connectivity index (χ1) is 8.63. The van der Waals surface area contributed by atoms with Gasteiger partial charge >= 0.3 is 0 Å². The molecule has 0 spiro atoms. The maximum absolute atomic E-state index is 12.0. The Balaban J connectivity index is 2.10. The SMILES string of the molecule is N[C@@H]1CCN(c2nc3ccc(Br)cc3c(=O)[nH]2)C1. The lowest BCUT2D eigenvalue weighted by Gasteiger charge is -2.16. The molecule has 1 aromatic heterocycles. The first-order valence-electron chi connectivity index (χ1n) is 5.83. The van der Waals surface area contributed by atoms with Crippen LogP contribution >= 0.6 is 15.9 Å². The third kappa shape index (κ3) is 2.02. The van der Waals surface area contributed by atoms with Gasteiger partial charge in [0.1, 0.15) is 0 Å². The summed E-state index contributed by atoms with van der Waals surface area (Å²) in [6.45, 7) is 1.58. The van der Waals surface area contributed by atoms with Gasteiger partial charge in [-0.15, -0.1) is 0 Å². The summed E-state index contributed by atoms with van der Waals surface area (Å²) in [5, 5.41) is 0.594. The standard InChI is InChI=1S/C12H13BrN4O/c13-7-1-2-10-9(5-7)11(18)16-12(15-10)17-4-3-8(14)6-17/h1-2,5,8H,3-4,6,14H2,(H,15,16,18)/t8-/m1/s1. The van der Waals surface area contributed by atoms with Crippen molar-refractivity contribution in [3.8, 4) is 0 Å². The Kier molecular flexibility index (Phi) is 2.83. The largest absolute Gasteiger partial charge is 0.341 e. The van der Waals surface area contributed by atoms with Crippen LogP contribution in [0.2, 0.25) is 0 Å². The smallest absolute Gasteiger partial charge is 0.260 e. The van der Waals surface area contributed by atoms with Crippen molar-refractivity contribution < 1.29 is 0 Å². The molecule has 1 fully saturated rings. The topological polar surface area (TPSA) is 75.0 Å². The molecule has 2 aromatic rings. The van der Waals surface area contributed by atoms with Crippen molar-refractivity contribution in [1.82, 2.24) is 9.97 Å². The van der Waals surface area contributed by atoms with Gasteiger partial charge in [-0.1, -0.05) is 15.9 Å².